The minimum atomic E-state index is -0.996. The molecule has 0 spiro atoms. The molecule has 9 heteroatoms. The molecule has 1 rings (SSSR count). The van der Waals surface area contributed by atoms with Crippen molar-refractivity contribution < 1.29 is 38.1 Å². The van der Waals surface area contributed by atoms with Crippen molar-refractivity contribution in [1.82, 2.24) is 0 Å². The van der Waals surface area contributed by atoms with E-state index in [2.05, 4.69) is 0 Å². The highest BCUT2D eigenvalue weighted by Crippen LogP contribution is 2.30. The van der Waals surface area contributed by atoms with Crippen molar-refractivity contribution >= 4 is 23.9 Å². The van der Waals surface area contributed by atoms with Gasteiger partial charge in [0.15, 0.2) is 11.5 Å². The second kappa shape index (κ2) is 18.3. The Kier molecular flexibility index (Phi) is 15.9. The van der Waals surface area contributed by atoms with E-state index >= 15 is 0 Å². The highest BCUT2D eigenvalue weighted by Gasteiger charge is 2.21. The van der Waals surface area contributed by atoms with Crippen LogP contribution in [0.1, 0.15) is 97.5 Å². The fourth-order valence-corrected chi connectivity index (χ4v) is 3.37. The van der Waals surface area contributed by atoms with Crippen molar-refractivity contribution in [3.05, 3.63) is 23.8 Å². The Morgan fingerprint density at radius 1 is 0.784 bits per heavy atom. The molecule has 0 radical (unpaired) electrons. The standard InChI is InChI=1S/C28H43NO8/c1-5-8-10-13-26(31)36-23-16-15-21(18-24(23)37-27(32)14-11-9-6-2)17-22(29)28(33)35-20(4)19-34-25(30)12-7-3/h15-16,18,20,22H,5-14,17,19,29H2,1-4H3/t20-,22-/m0/s1. The average Bonchev–Trinajstić information content (AvgIpc) is 2.84. The lowest BCUT2D eigenvalue weighted by atomic mass is 10.1. The van der Waals surface area contributed by atoms with Gasteiger partial charge < -0.3 is 24.7 Å². The zero-order valence-electron chi connectivity index (χ0n) is 22.7. The van der Waals surface area contributed by atoms with Crippen LogP contribution in [0.25, 0.3) is 0 Å². The Labute approximate surface area is 220 Å². The van der Waals surface area contributed by atoms with Gasteiger partial charge in [0.25, 0.3) is 0 Å². The van der Waals surface area contributed by atoms with Gasteiger partial charge in [0.1, 0.15) is 18.8 Å². The van der Waals surface area contributed by atoms with E-state index < -0.39 is 30.1 Å². The van der Waals surface area contributed by atoms with E-state index in [1.54, 1.807) is 19.1 Å². The summed E-state index contributed by atoms with van der Waals surface area (Å²) in [5.74, 6) is -1.57. The van der Waals surface area contributed by atoms with Crippen LogP contribution in [0, 0.1) is 0 Å². The number of unbranched alkanes of at least 4 members (excludes halogenated alkanes) is 4. The number of carbonyl (C=O) groups excluding carboxylic acids is 4. The smallest absolute Gasteiger partial charge is 0.323 e. The Balaban J connectivity index is 2.84. The van der Waals surface area contributed by atoms with E-state index in [0.29, 0.717) is 31.2 Å². The second-order valence-electron chi connectivity index (χ2n) is 9.13. The molecule has 0 heterocycles. The third kappa shape index (κ3) is 13.8. The molecule has 208 valence electrons. The fourth-order valence-electron chi connectivity index (χ4n) is 3.37. The van der Waals surface area contributed by atoms with Crippen LogP contribution in [0.2, 0.25) is 0 Å². The molecule has 1 aromatic carbocycles. The maximum atomic E-state index is 12.4. The first-order valence-electron chi connectivity index (χ1n) is 13.4. The van der Waals surface area contributed by atoms with E-state index in [1.807, 2.05) is 20.8 Å². The van der Waals surface area contributed by atoms with E-state index in [9.17, 15) is 19.2 Å². The minimum absolute atomic E-state index is 0.0479. The Morgan fingerprint density at radius 3 is 1.95 bits per heavy atom. The van der Waals surface area contributed by atoms with Gasteiger partial charge in [0.05, 0.1) is 0 Å². The molecule has 0 saturated heterocycles. The normalized spacial score (nSPS) is 12.4. The Morgan fingerprint density at radius 2 is 1.38 bits per heavy atom. The van der Waals surface area contributed by atoms with Crippen LogP contribution < -0.4 is 15.2 Å². The van der Waals surface area contributed by atoms with Crippen LogP contribution in [-0.2, 0) is 35.1 Å². The summed E-state index contributed by atoms with van der Waals surface area (Å²) in [5, 5.41) is 0. The molecule has 0 unspecified atom stereocenters. The molecular formula is C28H43NO8. The Hall–Kier alpha value is -2.94. The number of rotatable bonds is 18. The van der Waals surface area contributed by atoms with Gasteiger partial charge in [-0.3, -0.25) is 19.2 Å². The molecule has 0 saturated carbocycles. The van der Waals surface area contributed by atoms with E-state index in [0.717, 1.165) is 25.7 Å². The van der Waals surface area contributed by atoms with Gasteiger partial charge >= 0.3 is 23.9 Å². The van der Waals surface area contributed by atoms with Crippen LogP contribution in [0.4, 0.5) is 0 Å². The maximum absolute atomic E-state index is 12.4. The molecule has 0 aliphatic carbocycles. The summed E-state index contributed by atoms with van der Waals surface area (Å²) in [7, 11) is 0. The molecule has 9 nitrogen and oxygen atoms in total. The third-order valence-electron chi connectivity index (χ3n) is 5.43. The molecule has 0 aliphatic heterocycles. The van der Waals surface area contributed by atoms with Gasteiger partial charge in [-0.05, 0) is 50.3 Å². The summed E-state index contributed by atoms with van der Waals surface area (Å²) in [6, 6.07) is 3.75. The summed E-state index contributed by atoms with van der Waals surface area (Å²) >= 11 is 0. The van der Waals surface area contributed by atoms with Crippen molar-refractivity contribution in [1.29, 1.82) is 0 Å². The first kappa shape index (κ1) is 32.1. The molecule has 0 amide bonds. The number of benzene rings is 1. The zero-order valence-corrected chi connectivity index (χ0v) is 22.7. The SMILES string of the molecule is CCCCCC(=O)Oc1ccc(C[C@H](N)C(=O)O[C@@H](C)COC(=O)CCC)cc1OC(=O)CCCCC. The first-order chi connectivity index (χ1) is 17.7. The van der Waals surface area contributed by atoms with Gasteiger partial charge in [-0.15, -0.1) is 0 Å². The summed E-state index contributed by atoms with van der Waals surface area (Å²) in [6.45, 7) is 7.52. The first-order valence-corrected chi connectivity index (χ1v) is 13.4. The number of esters is 4. The number of carbonyl (C=O) groups is 4. The fraction of sp³-hybridized carbons (Fsp3) is 0.643. The van der Waals surface area contributed by atoms with Crippen LogP contribution in [-0.4, -0.2) is 42.6 Å². The predicted octanol–water partition coefficient (Wildman–Crippen LogP) is 4.80. The third-order valence-corrected chi connectivity index (χ3v) is 5.43. The largest absolute Gasteiger partial charge is 0.462 e. The number of hydrogen-bond acceptors (Lipinski definition) is 9. The van der Waals surface area contributed by atoms with Crippen molar-refractivity contribution in [2.75, 3.05) is 6.61 Å². The van der Waals surface area contributed by atoms with Crippen LogP contribution in [0.3, 0.4) is 0 Å². The molecule has 0 bridgehead atoms. The van der Waals surface area contributed by atoms with Gasteiger partial charge in [-0.25, -0.2) is 0 Å². The quantitative estimate of drug-likeness (QED) is 0.164. The topological polar surface area (TPSA) is 131 Å². The lowest BCUT2D eigenvalue weighted by Crippen LogP contribution is -2.37. The summed E-state index contributed by atoms with van der Waals surface area (Å²) in [5.41, 5.74) is 6.65. The molecular weight excluding hydrogens is 478 g/mol. The number of nitrogens with two attached hydrogens (primary N) is 1. The highest BCUT2D eigenvalue weighted by atomic mass is 16.6. The molecule has 2 N–H and O–H groups in total. The highest BCUT2D eigenvalue weighted by molar-refractivity contribution is 5.77. The van der Waals surface area contributed by atoms with Crippen LogP contribution >= 0.6 is 0 Å². The number of ether oxygens (including phenoxy) is 4. The lowest BCUT2D eigenvalue weighted by molar-refractivity contribution is -0.159. The zero-order chi connectivity index (χ0) is 27.6. The Bertz CT molecular complexity index is 870. The monoisotopic (exact) mass is 521 g/mol. The summed E-state index contributed by atoms with van der Waals surface area (Å²) in [6.07, 6.45) is 6.13. The average molecular weight is 522 g/mol. The van der Waals surface area contributed by atoms with E-state index in [-0.39, 0.29) is 43.3 Å². The van der Waals surface area contributed by atoms with E-state index in [1.165, 1.54) is 6.07 Å². The summed E-state index contributed by atoms with van der Waals surface area (Å²) < 4.78 is 21.3. The van der Waals surface area contributed by atoms with Gasteiger partial charge in [-0.2, -0.15) is 0 Å². The number of hydrogen-bond donors (Lipinski definition) is 1. The van der Waals surface area contributed by atoms with Gasteiger partial charge in [0, 0.05) is 19.3 Å². The maximum Gasteiger partial charge on any atom is 0.323 e. The molecule has 1 aromatic rings. The molecule has 0 aromatic heterocycles. The van der Waals surface area contributed by atoms with Crippen molar-refractivity contribution in [3.63, 3.8) is 0 Å². The lowest BCUT2D eigenvalue weighted by Gasteiger charge is -2.17. The molecule has 0 fully saturated rings. The molecule has 2 atom stereocenters. The molecule has 37 heavy (non-hydrogen) atoms. The molecule has 0 aliphatic rings. The van der Waals surface area contributed by atoms with Crippen molar-refractivity contribution in [3.8, 4) is 11.5 Å². The second-order valence-corrected chi connectivity index (χ2v) is 9.13. The van der Waals surface area contributed by atoms with Gasteiger partial charge in [0.2, 0.25) is 0 Å². The van der Waals surface area contributed by atoms with Crippen LogP contribution in [0.15, 0.2) is 18.2 Å². The van der Waals surface area contributed by atoms with Crippen molar-refractivity contribution in [2.45, 2.75) is 110 Å². The summed E-state index contributed by atoms with van der Waals surface area (Å²) in [4.78, 5) is 48.5. The predicted molar refractivity (Wildman–Crippen MR) is 139 cm³/mol. The van der Waals surface area contributed by atoms with E-state index in [4.69, 9.17) is 24.7 Å². The van der Waals surface area contributed by atoms with Crippen molar-refractivity contribution in [2.24, 2.45) is 5.73 Å². The van der Waals surface area contributed by atoms with Gasteiger partial charge in [-0.1, -0.05) is 52.5 Å². The minimum Gasteiger partial charge on any atom is -0.462 e. The van der Waals surface area contributed by atoms with Crippen LogP contribution in [0.5, 0.6) is 11.5 Å².